The molecule has 0 spiro atoms. The van der Waals surface area contributed by atoms with Crippen molar-refractivity contribution in [3.05, 3.63) is 35.9 Å². The van der Waals surface area contributed by atoms with Gasteiger partial charge in [-0.3, -0.25) is 4.79 Å². The average Bonchev–Trinajstić information content (AvgIpc) is 2.52. The average molecular weight is 275 g/mol. The SMILES string of the molecule is NC(CCc1ccccc1)C(=O)OCC1CCCCC1. The lowest BCUT2D eigenvalue weighted by molar-refractivity contribution is -0.147. The first-order valence-electron chi connectivity index (χ1n) is 7.72. The van der Waals surface area contributed by atoms with Gasteiger partial charge in [0.2, 0.25) is 0 Å². The maximum absolute atomic E-state index is 11.9. The molecule has 1 aromatic carbocycles. The summed E-state index contributed by atoms with van der Waals surface area (Å²) in [6.45, 7) is 0.553. The molecule has 1 atom stereocenters. The molecule has 0 saturated heterocycles. The van der Waals surface area contributed by atoms with Crippen molar-refractivity contribution < 1.29 is 9.53 Å². The molecule has 0 aromatic heterocycles. The van der Waals surface area contributed by atoms with E-state index >= 15 is 0 Å². The number of rotatable bonds is 6. The van der Waals surface area contributed by atoms with Crippen molar-refractivity contribution in [3.8, 4) is 0 Å². The van der Waals surface area contributed by atoms with Crippen molar-refractivity contribution in [2.75, 3.05) is 6.61 Å². The Bertz CT molecular complexity index is 399. The molecule has 1 aromatic rings. The van der Waals surface area contributed by atoms with Gasteiger partial charge in [0.15, 0.2) is 0 Å². The molecule has 110 valence electrons. The van der Waals surface area contributed by atoms with Crippen LogP contribution >= 0.6 is 0 Å². The maximum Gasteiger partial charge on any atom is 0.322 e. The van der Waals surface area contributed by atoms with Crippen molar-refractivity contribution in [1.82, 2.24) is 0 Å². The van der Waals surface area contributed by atoms with Gasteiger partial charge in [-0.1, -0.05) is 49.6 Å². The van der Waals surface area contributed by atoms with Gasteiger partial charge in [-0.15, -0.1) is 0 Å². The van der Waals surface area contributed by atoms with E-state index in [0.29, 0.717) is 18.9 Å². The molecule has 3 nitrogen and oxygen atoms in total. The molecule has 0 amide bonds. The largest absolute Gasteiger partial charge is 0.464 e. The number of aryl methyl sites for hydroxylation is 1. The number of ether oxygens (including phenoxy) is 1. The highest BCUT2D eigenvalue weighted by Gasteiger charge is 2.19. The topological polar surface area (TPSA) is 52.3 Å². The molecule has 0 heterocycles. The van der Waals surface area contributed by atoms with E-state index in [-0.39, 0.29) is 5.97 Å². The predicted molar refractivity (Wildman–Crippen MR) is 80.3 cm³/mol. The lowest BCUT2D eigenvalue weighted by Crippen LogP contribution is -2.34. The summed E-state index contributed by atoms with van der Waals surface area (Å²) >= 11 is 0. The quantitative estimate of drug-likeness (QED) is 0.812. The summed E-state index contributed by atoms with van der Waals surface area (Å²) in [5.74, 6) is 0.306. The molecule has 3 heteroatoms. The summed E-state index contributed by atoms with van der Waals surface area (Å²) in [4.78, 5) is 11.9. The zero-order valence-electron chi connectivity index (χ0n) is 12.1. The smallest absolute Gasteiger partial charge is 0.322 e. The molecule has 1 saturated carbocycles. The number of esters is 1. The van der Waals surface area contributed by atoms with Gasteiger partial charge < -0.3 is 10.5 Å². The molecular weight excluding hydrogens is 250 g/mol. The third-order valence-electron chi connectivity index (χ3n) is 4.08. The van der Waals surface area contributed by atoms with Crippen LogP contribution in [0.5, 0.6) is 0 Å². The Morgan fingerprint density at radius 3 is 2.60 bits per heavy atom. The molecular formula is C17H25NO2. The number of benzene rings is 1. The zero-order chi connectivity index (χ0) is 14.2. The number of nitrogens with two attached hydrogens (primary N) is 1. The molecule has 2 N–H and O–H groups in total. The van der Waals surface area contributed by atoms with Gasteiger partial charge in [-0.2, -0.15) is 0 Å². The monoisotopic (exact) mass is 275 g/mol. The molecule has 1 aliphatic rings. The third kappa shape index (κ3) is 4.97. The van der Waals surface area contributed by atoms with E-state index in [1.807, 2.05) is 18.2 Å². The predicted octanol–water partition coefficient (Wildman–Crippen LogP) is 3.07. The Labute approximate surface area is 121 Å². The Morgan fingerprint density at radius 2 is 1.90 bits per heavy atom. The molecule has 1 unspecified atom stereocenters. The van der Waals surface area contributed by atoms with Crippen LogP contribution in [0.25, 0.3) is 0 Å². The minimum atomic E-state index is -0.501. The van der Waals surface area contributed by atoms with Crippen molar-refractivity contribution in [2.24, 2.45) is 11.7 Å². The van der Waals surface area contributed by atoms with E-state index in [1.165, 1.54) is 37.7 Å². The summed E-state index contributed by atoms with van der Waals surface area (Å²) in [7, 11) is 0. The van der Waals surface area contributed by atoms with Gasteiger partial charge >= 0.3 is 5.97 Å². The van der Waals surface area contributed by atoms with Crippen molar-refractivity contribution in [3.63, 3.8) is 0 Å². The van der Waals surface area contributed by atoms with E-state index in [2.05, 4.69) is 12.1 Å². The second-order valence-corrected chi connectivity index (χ2v) is 5.76. The zero-order valence-corrected chi connectivity index (χ0v) is 12.1. The molecule has 2 rings (SSSR count). The summed E-state index contributed by atoms with van der Waals surface area (Å²) in [5.41, 5.74) is 7.12. The van der Waals surface area contributed by atoms with Gasteiger partial charge in [0.05, 0.1) is 6.61 Å². The van der Waals surface area contributed by atoms with Crippen LogP contribution in [0.3, 0.4) is 0 Å². The number of carbonyl (C=O) groups excluding carboxylic acids is 1. The second kappa shape index (κ2) is 8.05. The number of hydrogen-bond donors (Lipinski definition) is 1. The van der Waals surface area contributed by atoms with Crippen molar-refractivity contribution in [2.45, 2.75) is 51.0 Å². The summed E-state index contributed by atoms with van der Waals surface area (Å²) in [6.07, 6.45) is 7.69. The van der Waals surface area contributed by atoms with Gasteiger partial charge in [0.25, 0.3) is 0 Å². The molecule has 1 aliphatic carbocycles. The lowest BCUT2D eigenvalue weighted by Gasteiger charge is -2.22. The van der Waals surface area contributed by atoms with Crippen LogP contribution in [0, 0.1) is 5.92 Å². The first-order valence-corrected chi connectivity index (χ1v) is 7.72. The molecule has 20 heavy (non-hydrogen) atoms. The third-order valence-corrected chi connectivity index (χ3v) is 4.08. The van der Waals surface area contributed by atoms with Gasteiger partial charge in [0, 0.05) is 0 Å². The molecule has 0 aliphatic heterocycles. The van der Waals surface area contributed by atoms with Gasteiger partial charge in [-0.25, -0.2) is 0 Å². The van der Waals surface area contributed by atoms with E-state index in [4.69, 9.17) is 10.5 Å². The second-order valence-electron chi connectivity index (χ2n) is 5.76. The number of hydrogen-bond acceptors (Lipinski definition) is 3. The lowest BCUT2D eigenvalue weighted by atomic mass is 9.90. The summed E-state index contributed by atoms with van der Waals surface area (Å²) < 4.78 is 5.37. The van der Waals surface area contributed by atoms with Crippen LogP contribution in [0.2, 0.25) is 0 Å². The van der Waals surface area contributed by atoms with Crippen LogP contribution in [-0.4, -0.2) is 18.6 Å². The highest BCUT2D eigenvalue weighted by molar-refractivity contribution is 5.75. The van der Waals surface area contributed by atoms with Crippen LogP contribution in [-0.2, 0) is 16.0 Å². The highest BCUT2D eigenvalue weighted by Crippen LogP contribution is 2.23. The van der Waals surface area contributed by atoms with E-state index in [9.17, 15) is 4.79 Å². The Hall–Kier alpha value is -1.35. The van der Waals surface area contributed by atoms with Gasteiger partial charge in [0.1, 0.15) is 6.04 Å². The van der Waals surface area contributed by atoms with Crippen molar-refractivity contribution in [1.29, 1.82) is 0 Å². The molecule has 0 radical (unpaired) electrons. The van der Waals surface area contributed by atoms with Crippen molar-refractivity contribution >= 4 is 5.97 Å². The Morgan fingerprint density at radius 1 is 1.20 bits per heavy atom. The minimum Gasteiger partial charge on any atom is -0.464 e. The standard InChI is InChI=1S/C17H25NO2/c18-16(12-11-14-7-3-1-4-8-14)17(19)20-13-15-9-5-2-6-10-15/h1,3-4,7-8,15-16H,2,5-6,9-13,18H2. The van der Waals surface area contributed by atoms with E-state index in [1.54, 1.807) is 0 Å². The Balaban J connectivity index is 1.66. The van der Waals surface area contributed by atoms with E-state index in [0.717, 1.165) is 6.42 Å². The van der Waals surface area contributed by atoms with Gasteiger partial charge in [-0.05, 0) is 37.2 Å². The van der Waals surface area contributed by atoms with Crippen LogP contribution in [0.4, 0.5) is 0 Å². The molecule has 0 bridgehead atoms. The molecule has 1 fully saturated rings. The van der Waals surface area contributed by atoms with Crippen LogP contribution < -0.4 is 5.73 Å². The number of carbonyl (C=O) groups is 1. The first kappa shape index (κ1) is 15.0. The first-order chi connectivity index (χ1) is 9.75. The van der Waals surface area contributed by atoms with Crippen LogP contribution in [0.15, 0.2) is 30.3 Å². The minimum absolute atomic E-state index is 0.244. The summed E-state index contributed by atoms with van der Waals surface area (Å²) in [5, 5.41) is 0. The van der Waals surface area contributed by atoms with E-state index < -0.39 is 6.04 Å². The van der Waals surface area contributed by atoms with Crippen LogP contribution in [0.1, 0.15) is 44.1 Å². The fourth-order valence-electron chi connectivity index (χ4n) is 2.75. The fraction of sp³-hybridized carbons (Fsp3) is 0.588. The normalized spacial score (nSPS) is 17.6. The maximum atomic E-state index is 11.9. The fourth-order valence-corrected chi connectivity index (χ4v) is 2.75. The Kier molecular flexibility index (Phi) is 6.06. The summed E-state index contributed by atoms with van der Waals surface area (Å²) in [6, 6.07) is 9.60. The highest BCUT2D eigenvalue weighted by atomic mass is 16.5.